The summed E-state index contributed by atoms with van der Waals surface area (Å²) < 4.78 is 2.09. The number of carbonyl (C=O) groups is 1. The van der Waals surface area contributed by atoms with E-state index >= 15 is 0 Å². The lowest BCUT2D eigenvalue weighted by atomic mass is 10.2. The van der Waals surface area contributed by atoms with Crippen LogP contribution in [0.25, 0.3) is 0 Å². The second kappa shape index (κ2) is 6.07. The zero-order valence-electron chi connectivity index (χ0n) is 11.3. The maximum Gasteiger partial charge on any atom is 0.338 e. The maximum atomic E-state index is 11.4. The third-order valence-electron chi connectivity index (χ3n) is 3.47. The number of hydrogen-bond acceptors (Lipinski definition) is 4. The van der Waals surface area contributed by atoms with Gasteiger partial charge >= 0.3 is 5.97 Å². The molecule has 0 saturated heterocycles. The summed E-state index contributed by atoms with van der Waals surface area (Å²) in [5.41, 5.74) is 0.120. The second-order valence-electron chi connectivity index (χ2n) is 4.88. The van der Waals surface area contributed by atoms with Gasteiger partial charge in [0.05, 0.1) is 10.6 Å². The summed E-state index contributed by atoms with van der Waals surface area (Å²) in [6.45, 7) is 0.883. The largest absolute Gasteiger partial charge is 0.478 e. The van der Waals surface area contributed by atoms with Gasteiger partial charge in [0.1, 0.15) is 5.82 Å². The lowest BCUT2D eigenvalue weighted by Crippen LogP contribution is -2.04. The minimum atomic E-state index is -1.03. The lowest BCUT2D eigenvalue weighted by molar-refractivity contribution is 0.0693. The molecule has 0 bridgehead atoms. The van der Waals surface area contributed by atoms with Crippen molar-refractivity contribution in [2.75, 3.05) is 0 Å². The van der Waals surface area contributed by atoms with Crippen LogP contribution >= 0.6 is 23.4 Å². The topological polar surface area (TPSA) is 68.0 Å². The van der Waals surface area contributed by atoms with Gasteiger partial charge in [-0.3, -0.25) is 0 Å². The molecule has 0 unspecified atom stereocenters. The Morgan fingerprint density at radius 2 is 2.14 bits per heavy atom. The van der Waals surface area contributed by atoms with Gasteiger partial charge in [-0.25, -0.2) is 4.79 Å². The number of carboxylic acid groups (broad SMARTS) is 1. The molecule has 0 spiro atoms. The Labute approximate surface area is 131 Å². The molecule has 7 heteroatoms. The first-order chi connectivity index (χ1) is 10.2. The van der Waals surface area contributed by atoms with Gasteiger partial charge in [0, 0.05) is 17.9 Å². The van der Waals surface area contributed by atoms with E-state index in [9.17, 15) is 9.90 Å². The molecule has 21 heavy (non-hydrogen) atoms. The molecule has 1 aromatic carbocycles. The summed E-state index contributed by atoms with van der Waals surface area (Å²) in [4.78, 5) is 12.0. The number of aromatic nitrogens is 3. The number of carboxylic acids is 1. The number of aromatic carboxylic acids is 1. The maximum absolute atomic E-state index is 11.4. The lowest BCUT2D eigenvalue weighted by Gasteiger charge is -2.09. The van der Waals surface area contributed by atoms with Crippen molar-refractivity contribution in [1.29, 1.82) is 0 Å². The quantitative estimate of drug-likeness (QED) is 0.936. The van der Waals surface area contributed by atoms with E-state index in [0.29, 0.717) is 4.90 Å². The Bertz CT molecular complexity index is 687. The fourth-order valence-electron chi connectivity index (χ4n) is 2.43. The molecule has 0 atom stereocenters. The highest BCUT2D eigenvalue weighted by Gasteiger charge is 2.20. The van der Waals surface area contributed by atoms with E-state index in [4.69, 9.17) is 11.6 Å². The molecule has 110 valence electrons. The van der Waals surface area contributed by atoms with Crippen LogP contribution < -0.4 is 0 Å². The summed E-state index contributed by atoms with van der Waals surface area (Å²) in [5, 5.41) is 18.7. The smallest absolute Gasteiger partial charge is 0.338 e. The van der Waals surface area contributed by atoms with Gasteiger partial charge in [-0.05, 0) is 36.7 Å². The second-order valence-corrected chi connectivity index (χ2v) is 6.30. The van der Waals surface area contributed by atoms with Crippen LogP contribution in [0.15, 0.2) is 28.3 Å². The Hall–Kier alpha value is -1.53. The van der Waals surface area contributed by atoms with Crippen LogP contribution in [0, 0.1) is 0 Å². The van der Waals surface area contributed by atoms with Crippen LogP contribution in [0.1, 0.15) is 35.4 Å². The number of rotatable bonds is 3. The molecule has 0 fully saturated rings. The predicted octanol–water partition coefficient (Wildman–Crippen LogP) is 3.51. The molecule has 0 amide bonds. The average Bonchev–Trinajstić information content (AvgIpc) is 2.68. The summed E-state index contributed by atoms with van der Waals surface area (Å²) in [7, 11) is 0. The Kier molecular flexibility index (Phi) is 4.17. The van der Waals surface area contributed by atoms with Gasteiger partial charge in [0.15, 0.2) is 5.16 Å². The predicted molar refractivity (Wildman–Crippen MR) is 80.1 cm³/mol. The van der Waals surface area contributed by atoms with Crippen molar-refractivity contribution in [2.24, 2.45) is 0 Å². The van der Waals surface area contributed by atoms with Crippen molar-refractivity contribution in [1.82, 2.24) is 14.8 Å². The van der Waals surface area contributed by atoms with Crippen LogP contribution in [0.2, 0.25) is 5.02 Å². The number of hydrogen-bond donors (Lipinski definition) is 1. The van der Waals surface area contributed by atoms with Gasteiger partial charge in [-0.1, -0.05) is 24.1 Å². The van der Waals surface area contributed by atoms with Gasteiger partial charge in [0.2, 0.25) is 0 Å². The van der Waals surface area contributed by atoms with Crippen molar-refractivity contribution < 1.29 is 9.90 Å². The summed E-state index contributed by atoms with van der Waals surface area (Å²) in [5.74, 6) is -0.0485. The highest BCUT2D eigenvalue weighted by Crippen LogP contribution is 2.34. The SMILES string of the molecule is O=C(O)c1c(Cl)cccc1Sc1nnc2n1CCCCC2. The van der Waals surface area contributed by atoms with E-state index < -0.39 is 5.97 Å². The first-order valence-electron chi connectivity index (χ1n) is 6.78. The van der Waals surface area contributed by atoms with Crippen molar-refractivity contribution in [3.63, 3.8) is 0 Å². The zero-order valence-corrected chi connectivity index (χ0v) is 12.8. The van der Waals surface area contributed by atoms with Crippen LogP contribution in [-0.2, 0) is 13.0 Å². The number of aryl methyl sites for hydroxylation is 1. The molecule has 0 aliphatic carbocycles. The van der Waals surface area contributed by atoms with E-state index in [2.05, 4.69) is 14.8 Å². The van der Waals surface area contributed by atoms with E-state index in [-0.39, 0.29) is 10.6 Å². The Balaban J connectivity index is 1.96. The fourth-order valence-corrected chi connectivity index (χ4v) is 3.77. The summed E-state index contributed by atoms with van der Waals surface area (Å²) in [6.07, 6.45) is 4.33. The molecule has 3 rings (SSSR count). The molecule has 2 heterocycles. The minimum Gasteiger partial charge on any atom is -0.478 e. The normalized spacial score (nSPS) is 14.5. The van der Waals surface area contributed by atoms with Crippen LogP contribution in [0.5, 0.6) is 0 Å². The fraction of sp³-hybridized carbons (Fsp3) is 0.357. The van der Waals surface area contributed by atoms with Crippen LogP contribution in [0.3, 0.4) is 0 Å². The molecular weight excluding hydrogens is 310 g/mol. The first-order valence-corrected chi connectivity index (χ1v) is 7.98. The van der Waals surface area contributed by atoms with E-state index in [0.717, 1.165) is 36.8 Å². The molecule has 1 aromatic heterocycles. The molecule has 0 saturated carbocycles. The monoisotopic (exact) mass is 323 g/mol. The molecule has 1 aliphatic heterocycles. The van der Waals surface area contributed by atoms with Gasteiger partial charge in [0.25, 0.3) is 0 Å². The summed E-state index contributed by atoms with van der Waals surface area (Å²) in [6, 6.07) is 5.08. The van der Waals surface area contributed by atoms with E-state index in [1.54, 1.807) is 18.2 Å². The first kappa shape index (κ1) is 14.4. The average molecular weight is 324 g/mol. The van der Waals surface area contributed by atoms with Gasteiger partial charge in [-0.2, -0.15) is 0 Å². The highest BCUT2D eigenvalue weighted by molar-refractivity contribution is 7.99. The Morgan fingerprint density at radius 1 is 1.29 bits per heavy atom. The third-order valence-corrected chi connectivity index (χ3v) is 4.83. The molecule has 1 aliphatic rings. The van der Waals surface area contributed by atoms with E-state index in [1.165, 1.54) is 18.2 Å². The van der Waals surface area contributed by atoms with E-state index in [1.807, 2.05) is 0 Å². The Morgan fingerprint density at radius 3 is 2.95 bits per heavy atom. The van der Waals surface area contributed by atoms with Crippen molar-refractivity contribution in [3.8, 4) is 0 Å². The summed E-state index contributed by atoms with van der Waals surface area (Å²) >= 11 is 7.31. The van der Waals surface area contributed by atoms with Crippen molar-refractivity contribution >= 4 is 29.3 Å². The minimum absolute atomic E-state index is 0.120. The molecule has 5 nitrogen and oxygen atoms in total. The van der Waals surface area contributed by atoms with Gasteiger partial charge in [-0.15, -0.1) is 10.2 Å². The third kappa shape index (κ3) is 2.91. The zero-order chi connectivity index (χ0) is 14.8. The number of benzene rings is 1. The number of nitrogens with zero attached hydrogens (tertiary/aromatic N) is 3. The number of halogens is 1. The van der Waals surface area contributed by atoms with Crippen LogP contribution in [0.4, 0.5) is 0 Å². The number of fused-ring (bicyclic) bond motifs is 1. The van der Waals surface area contributed by atoms with Crippen molar-refractivity contribution in [3.05, 3.63) is 34.6 Å². The highest BCUT2D eigenvalue weighted by atomic mass is 35.5. The van der Waals surface area contributed by atoms with Crippen molar-refractivity contribution in [2.45, 2.75) is 42.3 Å². The molecule has 2 aromatic rings. The van der Waals surface area contributed by atoms with Crippen LogP contribution in [-0.4, -0.2) is 25.8 Å². The molecular formula is C14H14ClN3O2S. The standard InChI is InChI=1S/C14H14ClN3O2S/c15-9-5-4-6-10(12(9)13(19)20)21-14-17-16-11-7-2-1-3-8-18(11)14/h4-6H,1-3,7-8H2,(H,19,20). The molecule has 1 N–H and O–H groups in total. The van der Waals surface area contributed by atoms with Gasteiger partial charge < -0.3 is 9.67 Å². The molecule has 0 radical (unpaired) electrons.